The Morgan fingerprint density at radius 2 is 1.09 bits per heavy atom. The van der Waals surface area contributed by atoms with Crippen molar-refractivity contribution < 1.29 is 0 Å². The Hall–Kier alpha value is -0.520. The number of unbranched alkanes of at least 4 members (excludes halogenated alkanes) is 15. The van der Waals surface area contributed by atoms with Gasteiger partial charge in [-0.15, -0.1) is 0 Å². The summed E-state index contributed by atoms with van der Waals surface area (Å²) in [7, 11) is 0. The summed E-state index contributed by atoms with van der Waals surface area (Å²) in [4.78, 5) is 0. The fourth-order valence-electron chi connectivity index (χ4n) is 3.49. The van der Waals surface area contributed by atoms with Crippen molar-refractivity contribution in [2.24, 2.45) is 0 Å². The van der Waals surface area contributed by atoms with E-state index in [0.717, 1.165) is 6.42 Å². The third kappa shape index (κ3) is 13.6. The fraction of sp³-hybridized carbons (Fsp3) is 0.826. The Bertz CT molecular complexity index is 297. The van der Waals surface area contributed by atoms with Gasteiger partial charge in [-0.3, -0.25) is 0 Å². The van der Waals surface area contributed by atoms with E-state index < -0.39 is 0 Å². The predicted molar refractivity (Wildman–Crippen MR) is 105 cm³/mol. The van der Waals surface area contributed by atoms with E-state index in [1.54, 1.807) is 0 Å². The van der Waals surface area contributed by atoms with E-state index in [1.165, 1.54) is 115 Å². The minimum absolute atomic E-state index is 1.05. The molecule has 23 heavy (non-hydrogen) atoms. The van der Waals surface area contributed by atoms with Crippen LogP contribution in [0.3, 0.4) is 0 Å². The van der Waals surface area contributed by atoms with Gasteiger partial charge in [0, 0.05) is 0 Å². The monoisotopic (exact) mass is 317 g/mol. The maximum atomic E-state index is 3.41. The summed E-state index contributed by atoms with van der Waals surface area (Å²) in [6.45, 7) is 2.30. The van der Waals surface area contributed by atoms with Crippen molar-refractivity contribution in [2.45, 2.75) is 122 Å². The number of rotatable bonds is 17. The van der Waals surface area contributed by atoms with E-state index in [1.807, 2.05) is 0 Å². The zero-order valence-electron chi connectivity index (χ0n) is 15.9. The summed E-state index contributed by atoms with van der Waals surface area (Å²) in [5, 5.41) is 0. The molecule has 0 fully saturated rings. The molecule has 0 N–H and O–H groups in total. The first kappa shape index (κ1) is 20.5. The third-order valence-corrected chi connectivity index (χ3v) is 5.07. The largest absolute Gasteiger partial charge is 0.0798 e. The van der Waals surface area contributed by atoms with Crippen LogP contribution in [0.15, 0.2) is 17.7 Å². The topological polar surface area (TPSA) is 0 Å². The van der Waals surface area contributed by atoms with Gasteiger partial charge in [0.15, 0.2) is 0 Å². The van der Waals surface area contributed by atoms with Gasteiger partial charge in [0.2, 0.25) is 0 Å². The van der Waals surface area contributed by atoms with Crippen LogP contribution >= 0.6 is 0 Å². The molecule has 0 aromatic carbocycles. The van der Waals surface area contributed by atoms with Crippen LogP contribution in [0.5, 0.6) is 0 Å². The number of hydrogen-bond donors (Lipinski definition) is 0. The van der Waals surface area contributed by atoms with E-state index in [4.69, 9.17) is 0 Å². The molecular weight excluding hydrogens is 276 g/mol. The quantitative estimate of drug-likeness (QED) is 0.236. The Balaban J connectivity index is 1.66. The smallest absolute Gasteiger partial charge is 0.00885 e. The second kappa shape index (κ2) is 16.3. The molecule has 0 heterocycles. The molecule has 133 valence electrons. The maximum Gasteiger partial charge on any atom is -0.00885 e. The molecule has 0 atom stereocenters. The minimum Gasteiger partial charge on any atom is -0.0798 e. The first-order valence-corrected chi connectivity index (χ1v) is 10.7. The standard InChI is InChI=1S/C23H41/c1-2-3-4-5-6-7-8-9-10-11-12-13-14-15-16-17-20-23-21-18-19-22-23/h18,21H,2-17,19-20H2,1H3. The predicted octanol–water partition coefficient (Wildman–Crippen LogP) is 8.33. The molecule has 0 amide bonds. The Morgan fingerprint density at radius 3 is 1.48 bits per heavy atom. The van der Waals surface area contributed by atoms with Gasteiger partial charge in [-0.25, -0.2) is 0 Å². The van der Waals surface area contributed by atoms with Crippen molar-refractivity contribution in [3.05, 3.63) is 23.8 Å². The Labute approximate surface area is 146 Å². The Morgan fingerprint density at radius 1 is 0.652 bits per heavy atom. The molecule has 0 aromatic heterocycles. The number of hydrogen-bond acceptors (Lipinski definition) is 0. The molecule has 0 nitrogen and oxygen atoms in total. The van der Waals surface area contributed by atoms with Gasteiger partial charge in [-0.2, -0.15) is 0 Å². The summed E-state index contributed by atoms with van der Waals surface area (Å²) in [5.74, 6) is 0. The van der Waals surface area contributed by atoms with Gasteiger partial charge in [0.1, 0.15) is 0 Å². The highest BCUT2D eigenvalue weighted by Gasteiger charge is 1.98. The molecule has 0 spiro atoms. The van der Waals surface area contributed by atoms with Crippen molar-refractivity contribution in [1.82, 2.24) is 0 Å². The second-order valence-corrected chi connectivity index (χ2v) is 7.36. The molecule has 0 aliphatic heterocycles. The molecule has 0 saturated carbocycles. The zero-order chi connectivity index (χ0) is 16.4. The summed E-state index contributed by atoms with van der Waals surface area (Å²) in [5.41, 5.74) is 1.45. The normalized spacial score (nSPS) is 13.7. The van der Waals surface area contributed by atoms with Gasteiger partial charge < -0.3 is 0 Å². The van der Waals surface area contributed by atoms with Gasteiger partial charge in [-0.05, 0) is 30.9 Å². The van der Waals surface area contributed by atoms with Crippen LogP contribution in [-0.4, -0.2) is 0 Å². The third-order valence-electron chi connectivity index (χ3n) is 5.07. The van der Waals surface area contributed by atoms with Crippen molar-refractivity contribution in [3.8, 4) is 0 Å². The van der Waals surface area contributed by atoms with Crippen molar-refractivity contribution in [2.75, 3.05) is 0 Å². The lowest BCUT2D eigenvalue weighted by Gasteiger charge is -2.03. The summed E-state index contributed by atoms with van der Waals surface area (Å²) in [6, 6.07) is 0. The fourth-order valence-corrected chi connectivity index (χ4v) is 3.49. The van der Waals surface area contributed by atoms with Crippen LogP contribution in [0.1, 0.15) is 122 Å². The van der Waals surface area contributed by atoms with Gasteiger partial charge in [-0.1, -0.05) is 115 Å². The van der Waals surface area contributed by atoms with E-state index in [9.17, 15) is 0 Å². The highest BCUT2D eigenvalue weighted by Crippen LogP contribution is 2.17. The minimum atomic E-state index is 1.05. The maximum absolute atomic E-state index is 3.41. The molecule has 0 heteroatoms. The van der Waals surface area contributed by atoms with E-state index in [0.29, 0.717) is 0 Å². The lowest BCUT2D eigenvalue weighted by Crippen LogP contribution is -1.84. The van der Waals surface area contributed by atoms with Crippen LogP contribution in [0, 0.1) is 6.08 Å². The molecule has 0 saturated heterocycles. The van der Waals surface area contributed by atoms with Crippen LogP contribution in [0.4, 0.5) is 0 Å². The highest BCUT2D eigenvalue weighted by molar-refractivity contribution is 5.21. The van der Waals surface area contributed by atoms with E-state index >= 15 is 0 Å². The molecule has 1 rings (SSSR count). The highest BCUT2D eigenvalue weighted by atomic mass is 14.0. The van der Waals surface area contributed by atoms with Crippen LogP contribution in [0.2, 0.25) is 0 Å². The van der Waals surface area contributed by atoms with Gasteiger partial charge in [0.05, 0.1) is 0 Å². The van der Waals surface area contributed by atoms with Crippen LogP contribution < -0.4 is 0 Å². The summed E-state index contributed by atoms with van der Waals surface area (Å²) < 4.78 is 0. The van der Waals surface area contributed by atoms with Crippen molar-refractivity contribution >= 4 is 0 Å². The average Bonchev–Trinajstić information content (AvgIpc) is 3.08. The van der Waals surface area contributed by atoms with Gasteiger partial charge >= 0.3 is 0 Å². The zero-order valence-corrected chi connectivity index (χ0v) is 15.9. The van der Waals surface area contributed by atoms with Gasteiger partial charge in [0.25, 0.3) is 0 Å². The first-order valence-electron chi connectivity index (χ1n) is 10.7. The second-order valence-electron chi connectivity index (χ2n) is 7.36. The van der Waals surface area contributed by atoms with Crippen LogP contribution in [0.25, 0.3) is 0 Å². The van der Waals surface area contributed by atoms with E-state index in [2.05, 4.69) is 25.2 Å². The average molecular weight is 318 g/mol. The first-order chi connectivity index (χ1) is 11.4. The summed E-state index contributed by atoms with van der Waals surface area (Å²) in [6.07, 6.45) is 33.4. The molecule has 1 aliphatic carbocycles. The molecule has 0 bridgehead atoms. The van der Waals surface area contributed by atoms with Crippen molar-refractivity contribution in [3.63, 3.8) is 0 Å². The Kier molecular flexibility index (Phi) is 14.6. The molecule has 1 aliphatic rings. The SMILES string of the molecule is CCCCCCCCCCCCCCCCCCC1=[C]CC=C1. The van der Waals surface area contributed by atoms with Crippen LogP contribution in [-0.2, 0) is 0 Å². The number of allylic oxidation sites excluding steroid dienone is 4. The molecule has 1 radical (unpaired) electrons. The summed E-state index contributed by atoms with van der Waals surface area (Å²) >= 11 is 0. The molecule has 0 aromatic rings. The molecular formula is C23H41. The van der Waals surface area contributed by atoms with E-state index in [-0.39, 0.29) is 0 Å². The van der Waals surface area contributed by atoms with Crippen molar-refractivity contribution in [1.29, 1.82) is 0 Å². The molecule has 0 unspecified atom stereocenters. The lowest BCUT2D eigenvalue weighted by molar-refractivity contribution is 0.529. The lowest BCUT2D eigenvalue weighted by atomic mass is 10.0.